The van der Waals surface area contributed by atoms with E-state index in [1.807, 2.05) is 6.07 Å². The average molecular weight is 466 g/mol. The summed E-state index contributed by atoms with van der Waals surface area (Å²) in [6.45, 7) is 0. The molecule has 0 bridgehead atoms. The van der Waals surface area contributed by atoms with Crippen LogP contribution in [-0.2, 0) is 11.2 Å². The second-order valence-electron chi connectivity index (χ2n) is 7.12. The van der Waals surface area contributed by atoms with Crippen molar-refractivity contribution in [3.05, 3.63) is 70.2 Å². The van der Waals surface area contributed by atoms with E-state index in [-0.39, 0.29) is 12.0 Å². The van der Waals surface area contributed by atoms with Crippen molar-refractivity contribution in [1.29, 1.82) is 5.26 Å². The van der Waals surface area contributed by atoms with Crippen molar-refractivity contribution in [1.82, 2.24) is 10.6 Å². The molecule has 2 atom stereocenters. The molecule has 1 amide bonds. The third kappa shape index (κ3) is 5.58. The second-order valence-corrected chi connectivity index (χ2v) is 8.03. The van der Waals surface area contributed by atoms with Crippen LogP contribution in [0.1, 0.15) is 30.0 Å². The summed E-state index contributed by atoms with van der Waals surface area (Å²) in [6.07, 6.45) is -3.53. The quantitative estimate of drug-likeness (QED) is 0.635. The summed E-state index contributed by atoms with van der Waals surface area (Å²) in [6, 6.07) is 13.5. The van der Waals surface area contributed by atoms with Crippen molar-refractivity contribution in [2.24, 2.45) is 0 Å². The number of nitriles is 1. The third-order valence-electron chi connectivity index (χ3n) is 4.82. The molecule has 0 unspecified atom stereocenters. The maximum atomic E-state index is 13.8. The molecule has 152 valence electrons. The Morgan fingerprint density at radius 2 is 1.76 bits per heavy atom. The van der Waals surface area contributed by atoms with Gasteiger partial charge in [-0.05, 0) is 42.5 Å². The molecule has 0 spiro atoms. The van der Waals surface area contributed by atoms with Gasteiger partial charge in [-0.1, -0.05) is 58.4 Å². The Morgan fingerprint density at radius 3 is 2.28 bits per heavy atom. The Morgan fingerprint density at radius 1 is 1.14 bits per heavy atom. The van der Waals surface area contributed by atoms with E-state index in [1.54, 1.807) is 30.3 Å². The summed E-state index contributed by atoms with van der Waals surface area (Å²) in [5.41, 5.74) is -0.231. The number of carbonyl (C=O) groups is 1. The Bertz CT molecular complexity index is 890. The van der Waals surface area contributed by atoms with E-state index >= 15 is 0 Å². The number of amides is 1. The zero-order valence-electron chi connectivity index (χ0n) is 15.3. The molecule has 2 aromatic rings. The second kappa shape index (κ2) is 8.56. The molecule has 0 saturated heterocycles. The van der Waals surface area contributed by atoms with Gasteiger partial charge in [0.05, 0.1) is 12.1 Å². The molecule has 2 aromatic carbocycles. The number of nitrogens with one attached hydrogen (secondary N) is 2. The van der Waals surface area contributed by atoms with Crippen molar-refractivity contribution < 1.29 is 18.0 Å². The molecule has 0 aromatic heterocycles. The Hall–Kier alpha value is -2.37. The monoisotopic (exact) mass is 465 g/mol. The van der Waals surface area contributed by atoms with Crippen LogP contribution in [0.3, 0.4) is 0 Å². The van der Waals surface area contributed by atoms with Gasteiger partial charge < -0.3 is 5.32 Å². The van der Waals surface area contributed by atoms with Gasteiger partial charge in [0.1, 0.15) is 11.6 Å². The molecule has 0 aliphatic heterocycles. The van der Waals surface area contributed by atoms with Crippen molar-refractivity contribution in [3.8, 4) is 6.07 Å². The number of nitrogens with zero attached hydrogens (tertiary/aromatic N) is 1. The first-order valence-electron chi connectivity index (χ1n) is 9.08. The van der Waals surface area contributed by atoms with Crippen LogP contribution in [-0.4, -0.2) is 23.7 Å². The summed E-state index contributed by atoms with van der Waals surface area (Å²) < 4.78 is 42.1. The molecular weight excluding hydrogens is 447 g/mol. The van der Waals surface area contributed by atoms with Gasteiger partial charge in [-0.25, -0.2) is 0 Å². The topological polar surface area (TPSA) is 64.9 Å². The summed E-state index contributed by atoms with van der Waals surface area (Å²) >= 11 is 3.21. The summed E-state index contributed by atoms with van der Waals surface area (Å²) in [5, 5.41) is 14.3. The van der Waals surface area contributed by atoms with Gasteiger partial charge in [0.2, 0.25) is 5.91 Å². The fourth-order valence-electron chi connectivity index (χ4n) is 3.03. The van der Waals surface area contributed by atoms with Crippen LogP contribution in [0.15, 0.2) is 59.1 Å². The van der Waals surface area contributed by atoms with Gasteiger partial charge >= 0.3 is 6.18 Å². The molecule has 0 radical (unpaired) electrons. The molecule has 3 rings (SSSR count). The van der Waals surface area contributed by atoms with Crippen LogP contribution in [0.4, 0.5) is 13.2 Å². The number of carbonyl (C=O) groups excluding carboxylic acids is 1. The minimum atomic E-state index is -4.60. The maximum absolute atomic E-state index is 13.8. The highest BCUT2D eigenvalue weighted by atomic mass is 79.9. The summed E-state index contributed by atoms with van der Waals surface area (Å²) in [7, 11) is 0. The van der Waals surface area contributed by atoms with Gasteiger partial charge in [0.25, 0.3) is 0 Å². The van der Waals surface area contributed by atoms with E-state index < -0.39 is 29.7 Å². The average Bonchev–Trinajstić information content (AvgIpc) is 3.46. The maximum Gasteiger partial charge on any atom is 0.407 e. The number of hydrogen-bond acceptors (Lipinski definition) is 3. The first kappa shape index (κ1) is 21.3. The van der Waals surface area contributed by atoms with Crippen LogP contribution in [0.5, 0.6) is 0 Å². The highest BCUT2D eigenvalue weighted by Crippen LogP contribution is 2.36. The number of hydrogen-bond donors (Lipinski definition) is 2. The van der Waals surface area contributed by atoms with Crippen LogP contribution in [0, 0.1) is 11.3 Å². The van der Waals surface area contributed by atoms with E-state index in [9.17, 15) is 23.2 Å². The Labute approximate surface area is 175 Å². The highest BCUT2D eigenvalue weighted by molar-refractivity contribution is 9.10. The van der Waals surface area contributed by atoms with Crippen LogP contribution in [0.2, 0.25) is 0 Å². The first-order chi connectivity index (χ1) is 13.7. The van der Waals surface area contributed by atoms with Crippen LogP contribution >= 0.6 is 15.9 Å². The predicted octanol–water partition coefficient (Wildman–Crippen LogP) is 4.43. The van der Waals surface area contributed by atoms with Crippen LogP contribution < -0.4 is 10.6 Å². The molecule has 1 fully saturated rings. The molecule has 1 aliphatic carbocycles. The zero-order chi connectivity index (χ0) is 21.1. The molecule has 1 saturated carbocycles. The minimum absolute atomic E-state index is 0.00739. The van der Waals surface area contributed by atoms with E-state index in [4.69, 9.17) is 0 Å². The van der Waals surface area contributed by atoms with Crippen molar-refractivity contribution in [2.75, 3.05) is 0 Å². The van der Waals surface area contributed by atoms with E-state index in [0.29, 0.717) is 17.3 Å². The number of benzene rings is 2. The van der Waals surface area contributed by atoms with Crippen molar-refractivity contribution >= 4 is 21.8 Å². The normalized spacial score (nSPS) is 17.1. The van der Waals surface area contributed by atoms with E-state index in [0.717, 1.165) is 5.56 Å². The fourth-order valence-corrected chi connectivity index (χ4v) is 3.29. The third-order valence-corrected chi connectivity index (χ3v) is 5.35. The standard InChI is InChI=1S/C21H19BrF3N3O/c22-16-8-6-15(7-9-16)18(21(23,24)25)27-17(12-14-4-2-1-3-5-14)19(29)28-20(13-26)10-11-20/h1-9,17-18,27H,10-12H2,(H,28,29)/t17-,18-/m0/s1. The Kier molecular flexibility index (Phi) is 6.30. The van der Waals surface area contributed by atoms with Gasteiger partial charge in [-0.3, -0.25) is 10.1 Å². The lowest BCUT2D eigenvalue weighted by Crippen LogP contribution is -2.52. The van der Waals surface area contributed by atoms with Gasteiger partial charge in [-0.2, -0.15) is 18.4 Å². The lowest BCUT2D eigenvalue weighted by Gasteiger charge is -2.28. The van der Waals surface area contributed by atoms with Crippen molar-refractivity contribution in [3.63, 3.8) is 0 Å². The summed E-state index contributed by atoms with van der Waals surface area (Å²) in [5.74, 6) is -0.612. The Balaban J connectivity index is 1.87. The molecule has 1 aliphatic rings. The smallest absolute Gasteiger partial charge is 0.336 e. The zero-order valence-corrected chi connectivity index (χ0v) is 16.9. The largest absolute Gasteiger partial charge is 0.407 e. The number of halogens is 4. The molecule has 0 heterocycles. The van der Waals surface area contributed by atoms with Crippen LogP contribution in [0.25, 0.3) is 0 Å². The molecule has 8 heteroatoms. The van der Waals surface area contributed by atoms with Gasteiger partial charge in [0.15, 0.2) is 0 Å². The van der Waals surface area contributed by atoms with Gasteiger partial charge in [0, 0.05) is 4.47 Å². The molecule has 2 N–H and O–H groups in total. The first-order valence-corrected chi connectivity index (χ1v) is 9.87. The molecule has 4 nitrogen and oxygen atoms in total. The van der Waals surface area contributed by atoms with Crippen molar-refractivity contribution in [2.45, 2.75) is 43.1 Å². The minimum Gasteiger partial charge on any atom is -0.336 e. The fraction of sp³-hybridized carbons (Fsp3) is 0.333. The summed E-state index contributed by atoms with van der Waals surface area (Å²) in [4.78, 5) is 12.8. The van der Waals surface area contributed by atoms with Gasteiger partial charge in [-0.15, -0.1) is 0 Å². The molecular formula is C21H19BrF3N3O. The van der Waals surface area contributed by atoms with E-state index in [2.05, 4.69) is 26.6 Å². The predicted molar refractivity (Wildman–Crippen MR) is 106 cm³/mol. The number of alkyl halides is 3. The lowest BCUT2D eigenvalue weighted by atomic mass is 10.0. The number of rotatable bonds is 7. The molecule has 29 heavy (non-hydrogen) atoms. The van der Waals surface area contributed by atoms with E-state index in [1.165, 1.54) is 24.3 Å². The SMILES string of the molecule is N#CC1(NC(=O)[C@H](Cc2ccccc2)N[C@@H](c2ccc(Br)cc2)C(F)(F)F)CC1. The highest BCUT2D eigenvalue weighted by Gasteiger charge is 2.47. The lowest BCUT2D eigenvalue weighted by molar-refractivity contribution is -0.161.